The minimum atomic E-state index is -3.37. The molecule has 1 atom stereocenters. The van der Waals surface area contributed by atoms with Gasteiger partial charge in [0, 0.05) is 10.6 Å². The van der Waals surface area contributed by atoms with Crippen molar-refractivity contribution in [1.29, 1.82) is 0 Å². The molecule has 0 aromatic heterocycles. The molecule has 4 nitrogen and oxygen atoms in total. The average molecular weight is 387 g/mol. The Morgan fingerprint density at radius 1 is 1.08 bits per heavy atom. The highest BCUT2D eigenvalue weighted by Crippen LogP contribution is 2.67. The third-order valence-corrected chi connectivity index (χ3v) is 7.64. The lowest BCUT2D eigenvalue weighted by Gasteiger charge is -2.23. The molecule has 24 heavy (non-hydrogen) atoms. The van der Waals surface area contributed by atoms with E-state index >= 15 is 0 Å². The van der Waals surface area contributed by atoms with Crippen LogP contribution < -0.4 is 0 Å². The number of aromatic hydroxyl groups is 1. The Kier molecular flexibility index (Phi) is 7.20. The highest BCUT2D eigenvalue weighted by atomic mass is 35.5. The van der Waals surface area contributed by atoms with Crippen LogP contribution in [0, 0.1) is 0 Å². The molecule has 2 rings (SSSR count). The summed E-state index contributed by atoms with van der Waals surface area (Å²) in [6.07, 6.45) is 0. The van der Waals surface area contributed by atoms with Crippen LogP contribution in [0.25, 0.3) is 0 Å². The Labute approximate surface area is 151 Å². The number of hydrogen-bond acceptors (Lipinski definition) is 5. The van der Waals surface area contributed by atoms with Crippen LogP contribution >= 0.6 is 29.8 Å². The SMILES string of the molecule is CCOP(=O)(OCC)SC(c1ccc(Cl)cc1)c1ccccc1O. The van der Waals surface area contributed by atoms with Gasteiger partial charge in [-0.1, -0.05) is 41.9 Å². The monoisotopic (exact) mass is 386 g/mol. The van der Waals surface area contributed by atoms with Gasteiger partial charge in [-0.3, -0.25) is 0 Å². The summed E-state index contributed by atoms with van der Waals surface area (Å²) in [4.78, 5) is 0. The van der Waals surface area contributed by atoms with Gasteiger partial charge in [-0.15, -0.1) is 0 Å². The van der Waals surface area contributed by atoms with Gasteiger partial charge in [0.1, 0.15) is 5.75 Å². The Morgan fingerprint density at radius 2 is 1.67 bits per heavy atom. The molecule has 0 aliphatic rings. The molecule has 2 aromatic rings. The largest absolute Gasteiger partial charge is 0.508 e. The second-order valence-corrected chi connectivity index (χ2v) is 9.38. The minimum absolute atomic E-state index is 0.129. The number of benzene rings is 2. The van der Waals surface area contributed by atoms with Gasteiger partial charge in [-0.25, -0.2) is 4.57 Å². The molecule has 1 N–H and O–H groups in total. The number of halogens is 1. The van der Waals surface area contributed by atoms with Gasteiger partial charge in [-0.2, -0.15) is 0 Å². The first-order valence-electron chi connectivity index (χ1n) is 7.60. The first-order chi connectivity index (χ1) is 11.5. The summed E-state index contributed by atoms with van der Waals surface area (Å²) in [5.41, 5.74) is 1.50. The van der Waals surface area contributed by atoms with Gasteiger partial charge >= 0.3 is 6.80 Å². The van der Waals surface area contributed by atoms with Gasteiger partial charge in [-0.05, 0) is 49.0 Å². The zero-order chi connectivity index (χ0) is 17.6. The summed E-state index contributed by atoms with van der Waals surface area (Å²) in [5, 5.41) is 10.4. The van der Waals surface area contributed by atoms with Crippen LogP contribution in [0.5, 0.6) is 5.75 Å². The molecule has 0 heterocycles. The smallest absolute Gasteiger partial charge is 0.390 e. The van der Waals surface area contributed by atoms with Gasteiger partial charge in [0.15, 0.2) is 0 Å². The number of phenols is 1. The van der Waals surface area contributed by atoms with E-state index in [0.29, 0.717) is 10.6 Å². The molecule has 0 fully saturated rings. The molecular weight excluding hydrogens is 367 g/mol. The van der Waals surface area contributed by atoms with Crippen molar-refractivity contribution >= 4 is 29.8 Å². The predicted molar refractivity (Wildman–Crippen MR) is 99.9 cm³/mol. The normalized spacial score (nSPS) is 13.0. The number of para-hydroxylation sites is 1. The highest BCUT2D eigenvalue weighted by molar-refractivity contribution is 8.55. The van der Waals surface area contributed by atoms with Crippen molar-refractivity contribution < 1.29 is 18.7 Å². The van der Waals surface area contributed by atoms with E-state index in [1.807, 2.05) is 18.2 Å². The van der Waals surface area contributed by atoms with Crippen molar-refractivity contribution in [3.63, 3.8) is 0 Å². The van der Waals surface area contributed by atoms with Crippen LogP contribution in [0.3, 0.4) is 0 Å². The van der Waals surface area contributed by atoms with Crippen LogP contribution in [-0.4, -0.2) is 18.3 Å². The zero-order valence-corrected chi connectivity index (χ0v) is 16.0. The molecule has 1 unspecified atom stereocenters. The average Bonchev–Trinajstić information content (AvgIpc) is 2.55. The summed E-state index contributed by atoms with van der Waals surface area (Å²) in [7, 11) is 0. The van der Waals surface area contributed by atoms with E-state index < -0.39 is 12.0 Å². The lowest BCUT2D eigenvalue weighted by molar-refractivity contribution is 0.236. The first-order valence-corrected chi connectivity index (χ1v) is 11.0. The number of phenolic OH excluding ortho intramolecular Hbond substituents is 1. The first kappa shape index (κ1) is 19.4. The van der Waals surface area contributed by atoms with E-state index in [-0.39, 0.29) is 19.0 Å². The van der Waals surface area contributed by atoms with Crippen molar-refractivity contribution in [2.24, 2.45) is 0 Å². The molecule has 0 aliphatic heterocycles. The van der Waals surface area contributed by atoms with Gasteiger partial charge in [0.05, 0.1) is 18.5 Å². The van der Waals surface area contributed by atoms with E-state index in [1.54, 1.807) is 44.2 Å². The zero-order valence-electron chi connectivity index (χ0n) is 13.5. The third-order valence-electron chi connectivity index (χ3n) is 3.20. The summed E-state index contributed by atoms with van der Waals surface area (Å²) in [6, 6.07) is 14.2. The molecule has 0 saturated heterocycles. The van der Waals surface area contributed by atoms with Crippen molar-refractivity contribution in [2.45, 2.75) is 19.1 Å². The molecule has 130 valence electrons. The van der Waals surface area contributed by atoms with E-state index in [0.717, 1.165) is 16.9 Å². The molecular formula is C17H20ClO4PS. The van der Waals surface area contributed by atoms with Crippen molar-refractivity contribution in [1.82, 2.24) is 0 Å². The lowest BCUT2D eigenvalue weighted by Crippen LogP contribution is -2.01. The highest BCUT2D eigenvalue weighted by Gasteiger charge is 2.32. The Morgan fingerprint density at radius 3 is 2.21 bits per heavy atom. The topological polar surface area (TPSA) is 55.8 Å². The van der Waals surface area contributed by atoms with Crippen molar-refractivity contribution in [3.8, 4) is 5.75 Å². The van der Waals surface area contributed by atoms with E-state index in [2.05, 4.69) is 0 Å². The van der Waals surface area contributed by atoms with Crippen LogP contribution in [0.1, 0.15) is 30.2 Å². The van der Waals surface area contributed by atoms with Gasteiger partial charge < -0.3 is 14.2 Å². The molecule has 0 saturated carbocycles. The number of rotatable bonds is 8. The fourth-order valence-electron chi connectivity index (χ4n) is 2.19. The van der Waals surface area contributed by atoms with Gasteiger partial charge in [0.25, 0.3) is 0 Å². The quantitative estimate of drug-likeness (QED) is 0.559. The summed E-state index contributed by atoms with van der Waals surface area (Å²) in [5.74, 6) is 0.129. The summed E-state index contributed by atoms with van der Waals surface area (Å²) >= 11 is 7.04. The van der Waals surface area contributed by atoms with Crippen LogP contribution in [0.15, 0.2) is 48.5 Å². The molecule has 2 aromatic carbocycles. The minimum Gasteiger partial charge on any atom is -0.508 e. The van der Waals surface area contributed by atoms with E-state index in [4.69, 9.17) is 20.6 Å². The molecule has 0 spiro atoms. The maximum absolute atomic E-state index is 13.0. The number of hydrogen-bond donors (Lipinski definition) is 1. The Bertz CT molecular complexity index is 698. The Hall–Kier alpha value is -0.970. The van der Waals surface area contributed by atoms with Crippen LogP contribution in [0.4, 0.5) is 0 Å². The predicted octanol–water partition coefficient (Wildman–Crippen LogP) is 6.05. The fraction of sp³-hybridized carbons (Fsp3) is 0.294. The maximum atomic E-state index is 13.0. The third kappa shape index (κ3) is 5.01. The maximum Gasteiger partial charge on any atom is 0.390 e. The summed E-state index contributed by atoms with van der Waals surface area (Å²) in [6.45, 7) is 0.722. The van der Waals surface area contributed by atoms with Gasteiger partial charge in [0.2, 0.25) is 0 Å². The molecule has 7 heteroatoms. The molecule has 0 bridgehead atoms. The second-order valence-electron chi connectivity index (χ2n) is 4.88. The van der Waals surface area contributed by atoms with Crippen molar-refractivity contribution in [3.05, 3.63) is 64.7 Å². The lowest BCUT2D eigenvalue weighted by atomic mass is 10.0. The van der Waals surface area contributed by atoms with Crippen LogP contribution in [0.2, 0.25) is 5.02 Å². The van der Waals surface area contributed by atoms with Crippen molar-refractivity contribution in [2.75, 3.05) is 13.2 Å². The molecule has 0 aliphatic carbocycles. The second kappa shape index (κ2) is 8.93. The van der Waals surface area contributed by atoms with E-state index in [9.17, 15) is 9.67 Å². The fourth-order valence-corrected chi connectivity index (χ4v) is 6.47. The molecule has 0 radical (unpaired) electrons. The molecule has 0 amide bonds. The Balaban J connectivity index is 2.45. The summed E-state index contributed by atoms with van der Waals surface area (Å²) < 4.78 is 23.8. The standard InChI is InChI=1S/C17H20ClO4PS/c1-3-21-23(20,22-4-2)24-17(13-9-11-14(18)12-10-13)15-7-5-6-8-16(15)19/h5-12,17,19H,3-4H2,1-2H3. The van der Waals surface area contributed by atoms with Crippen LogP contribution in [-0.2, 0) is 13.6 Å². The van der Waals surface area contributed by atoms with E-state index in [1.165, 1.54) is 0 Å².